The van der Waals surface area contributed by atoms with Crippen LogP contribution in [0, 0.1) is 5.92 Å². The molecule has 24 heavy (non-hydrogen) atoms. The summed E-state index contributed by atoms with van der Waals surface area (Å²) in [7, 11) is 0. The van der Waals surface area contributed by atoms with Crippen molar-refractivity contribution in [2.24, 2.45) is 11.7 Å². The van der Waals surface area contributed by atoms with Crippen LogP contribution < -0.4 is 5.73 Å². The summed E-state index contributed by atoms with van der Waals surface area (Å²) in [5, 5.41) is 0. The second-order valence-corrected chi connectivity index (χ2v) is 6.18. The molecule has 2 atom stereocenters. The Labute approximate surface area is 154 Å². The highest BCUT2D eigenvalue weighted by Gasteiger charge is 2.28. The van der Waals surface area contributed by atoms with Crippen LogP contribution in [0.5, 0.6) is 0 Å². The Kier molecular flexibility index (Phi) is 8.00. The second kappa shape index (κ2) is 9.25. The fourth-order valence-corrected chi connectivity index (χ4v) is 3.19. The molecule has 0 aliphatic carbocycles. The van der Waals surface area contributed by atoms with Crippen LogP contribution in [0.25, 0.3) is 11.1 Å². The van der Waals surface area contributed by atoms with Gasteiger partial charge in [0.15, 0.2) is 11.5 Å². The van der Waals surface area contributed by atoms with Gasteiger partial charge in [-0.05, 0) is 30.9 Å². The Morgan fingerprint density at radius 3 is 2.83 bits per heavy atom. The summed E-state index contributed by atoms with van der Waals surface area (Å²) in [6, 6.07) is 7.84. The molecular formula is C17H25Cl2N3O2. The average molecular weight is 374 g/mol. The van der Waals surface area contributed by atoms with Gasteiger partial charge in [0.1, 0.15) is 5.52 Å². The van der Waals surface area contributed by atoms with E-state index in [0.29, 0.717) is 31.2 Å². The Bertz CT molecular complexity index is 629. The first-order chi connectivity index (χ1) is 10.7. The molecular weight excluding hydrogens is 349 g/mol. The summed E-state index contributed by atoms with van der Waals surface area (Å²) >= 11 is 0. The second-order valence-electron chi connectivity index (χ2n) is 6.18. The van der Waals surface area contributed by atoms with E-state index in [-0.39, 0.29) is 36.8 Å². The monoisotopic (exact) mass is 373 g/mol. The van der Waals surface area contributed by atoms with E-state index in [1.165, 1.54) is 0 Å². The third kappa shape index (κ3) is 4.62. The molecule has 1 fully saturated rings. The molecule has 1 amide bonds. The zero-order valence-electron chi connectivity index (χ0n) is 13.8. The number of fused-ring (bicyclic) bond motifs is 1. The number of rotatable bonds is 4. The number of piperidine rings is 1. The molecule has 1 aliphatic heterocycles. The third-order valence-corrected chi connectivity index (χ3v) is 4.46. The number of likely N-dealkylation sites (tertiary alicyclic amines) is 1. The van der Waals surface area contributed by atoms with Gasteiger partial charge in [-0.2, -0.15) is 0 Å². The lowest BCUT2D eigenvalue weighted by molar-refractivity contribution is -0.135. The van der Waals surface area contributed by atoms with Gasteiger partial charge in [0.05, 0.1) is 0 Å². The number of benzene rings is 1. The predicted molar refractivity (Wildman–Crippen MR) is 99.8 cm³/mol. The van der Waals surface area contributed by atoms with E-state index >= 15 is 0 Å². The molecule has 1 saturated heterocycles. The maximum Gasteiger partial charge on any atom is 0.223 e. The summed E-state index contributed by atoms with van der Waals surface area (Å²) < 4.78 is 5.67. The fraction of sp³-hybridized carbons (Fsp3) is 0.529. The van der Waals surface area contributed by atoms with Crippen molar-refractivity contribution in [2.75, 3.05) is 13.1 Å². The van der Waals surface area contributed by atoms with Crippen molar-refractivity contribution in [1.82, 2.24) is 9.88 Å². The highest BCUT2D eigenvalue weighted by atomic mass is 35.5. The van der Waals surface area contributed by atoms with Gasteiger partial charge in [0.2, 0.25) is 5.91 Å². The van der Waals surface area contributed by atoms with Crippen molar-refractivity contribution in [3.8, 4) is 0 Å². The first-order valence-electron chi connectivity index (χ1n) is 8.01. The number of amides is 1. The van der Waals surface area contributed by atoms with Crippen LogP contribution in [0.1, 0.15) is 32.1 Å². The van der Waals surface area contributed by atoms with Gasteiger partial charge in [-0.1, -0.05) is 19.1 Å². The standard InChI is InChI=1S/C17H23N3O2.2ClH/c1-12-8-9-20(13(10-12)11-18)17(21)7-6-16-19-14-4-2-3-5-15(14)22-16;;/h2-5,12-13H,6-11,18H2,1H3;2*1H. The lowest BCUT2D eigenvalue weighted by Crippen LogP contribution is -2.49. The van der Waals surface area contributed by atoms with Gasteiger partial charge in [0.25, 0.3) is 0 Å². The SMILES string of the molecule is CC1CCN(C(=O)CCc2nc3ccccc3o2)C(CN)C1.Cl.Cl. The topological polar surface area (TPSA) is 72.4 Å². The summed E-state index contributed by atoms with van der Waals surface area (Å²) in [6.45, 7) is 3.58. The van der Waals surface area contributed by atoms with Crippen LogP contribution in [0.2, 0.25) is 0 Å². The summed E-state index contributed by atoms with van der Waals surface area (Å²) in [5.41, 5.74) is 7.45. The van der Waals surface area contributed by atoms with Crippen LogP contribution in [0.4, 0.5) is 0 Å². The van der Waals surface area contributed by atoms with Gasteiger partial charge < -0.3 is 15.1 Å². The number of para-hydroxylation sites is 2. The van der Waals surface area contributed by atoms with Crippen molar-refractivity contribution >= 4 is 41.8 Å². The fourth-order valence-electron chi connectivity index (χ4n) is 3.19. The molecule has 2 unspecified atom stereocenters. The molecule has 1 aromatic heterocycles. The smallest absolute Gasteiger partial charge is 0.223 e. The van der Waals surface area contributed by atoms with Crippen LogP contribution in [0.15, 0.2) is 28.7 Å². The minimum absolute atomic E-state index is 0. The Morgan fingerprint density at radius 1 is 1.38 bits per heavy atom. The molecule has 1 aromatic carbocycles. The number of halogens is 2. The average Bonchev–Trinajstić information content (AvgIpc) is 2.95. The van der Waals surface area contributed by atoms with Gasteiger partial charge in [0, 0.05) is 32.0 Å². The molecule has 0 bridgehead atoms. The van der Waals surface area contributed by atoms with E-state index in [4.69, 9.17) is 10.2 Å². The molecule has 5 nitrogen and oxygen atoms in total. The van der Waals surface area contributed by atoms with Crippen LogP contribution >= 0.6 is 24.8 Å². The molecule has 7 heteroatoms. The van der Waals surface area contributed by atoms with Crippen molar-refractivity contribution < 1.29 is 9.21 Å². The molecule has 0 radical (unpaired) electrons. The van der Waals surface area contributed by atoms with Crippen molar-refractivity contribution in [3.63, 3.8) is 0 Å². The molecule has 1 aliphatic rings. The summed E-state index contributed by atoms with van der Waals surface area (Å²) in [5.74, 6) is 1.43. The summed E-state index contributed by atoms with van der Waals surface area (Å²) in [4.78, 5) is 18.8. The van der Waals surface area contributed by atoms with Gasteiger partial charge >= 0.3 is 0 Å². The van der Waals surface area contributed by atoms with Crippen molar-refractivity contribution in [2.45, 2.75) is 38.6 Å². The molecule has 2 aromatic rings. The lowest BCUT2D eigenvalue weighted by atomic mass is 9.92. The van der Waals surface area contributed by atoms with Crippen molar-refractivity contribution in [3.05, 3.63) is 30.2 Å². The van der Waals surface area contributed by atoms with Crippen LogP contribution in [-0.4, -0.2) is 34.9 Å². The van der Waals surface area contributed by atoms with Gasteiger partial charge in [-0.15, -0.1) is 24.8 Å². The molecule has 3 rings (SSSR count). The Hall–Kier alpha value is -1.30. The quantitative estimate of drug-likeness (QED) is 0.892. The minimum atomic E-state index is 0. The minimum Gasteiger partial charge on any atom is -0.441 e. The van der Waals surface area contributed by atoms with E-state index in [9.17, 15) is 4.79 Å². The normalized spacial score (nSPS) is 20.3. The number of hydrogen-bond donors (Lipinski definition) is 1. The number of carbonyl (C=O) groups excluding carboxylic acids is 1. The molecule has 0 spiro atoms. The van der Waals surface area contributed by atoms with Gasteiger partial charge in [-0.25, -0.2) is 4.98 Å². The zero-order valence-corrected chi connectivity index (χ0v) is 15.4. The van der Waals surface area contributed by atoms with E-state index in [1.807, 2.05) is 29.2 Å². The maximum atomic E-state index is 12.5. The molecule has 2 heterocycles. The summed E-state index contributed by atoms with van der Waals surface area (Å²) in [6.07, 6.45) is 3.03. The third-order valence-electron chi connectivity index (χ3n) is 4.46. The van der Waals surface area contributed by atoms with Crippen molar-refractivity contribution in [1.29, 1.82) is 0 Å². The highest BCUT2D eigenvalue weighted by Crippen LogP contribution is 2.23. The zero-order chi connectivity index (χ0) is 15.5. The highest BCUT2D eigenvalue weighted by molar-refractivity contribution is 5.85. The number of aromatic nitrogens is 1. The van der Waals surface area contributed by atoms with E-state index in [2.05, 4.69) is 11.9 Å². The molecule has 134 valence electrons. The number of aryl methyl sites for hydroxylation is 1. The molecule has 0 saturated carbocycles. The number of hydrogen-bond acceptors (Lipinski definition) is 4. The number of nitrogens with two attached hydrogens (primary N) is 1. The first-order valence-corrected chi connectivity index (χ1v) is 8.01. The van der Waals surface area contributed by atoms with Crippen LogP contribution in [-0.2, 0) is 11.2 Å². The number of oxazole rings is 1. The first kappa shape index (κ1) is 20.7. The van der Waals surface area contributed by atoms with Crippen LogP contribution in [0.3, 0.4) is 0 Å². The largest absolute Gasteiger partial charge is 0.441 e. The van der Waals surface area contributed by atoms with E-state index < -0.39 is 0 Å². The van der Waals surface area contributed by atoms with E-state index in [0.717, 1.165) is 30.5 Å². The van der Waals surface area contributed by atoms with Gasteiger partial charge in [-0.3, -0.25) is 4.79 Å². The lowest BCUT2D eigenvalue weighted by Gasteiger charge is -2.38. The molecule has 2 N–H and O–H groups in total. The van der Waals surface area contributed by atoms with E-state index in [1.54, 1.807) is 0 Å². The predicted octanol–water partition coefficient (Wildman–Crippen LogP) is 3.19. The number of carbonyl (C=O) groups is 1. The maximum absolute atomic E-state index is 12.5. The Morgan fingerprint density at radius 2 is 2.12 bits per heavy atom. The Balaban J connectivity index is 0.00000144. The number of nitrogens with zero attached hydrogens (tertiary/aromatic N) is 2.